The number of rotatable bonds is 9. The Kier molecular flexibility index (Phi) is 6.87. The number of benzene rings is 1. The average molecular weight is 407 g/mol. The van der Waals surface area contributed by atoms with Gasteiger partial charge in [0.05, 0.1) is 11.1 Å². The maximum absolute atomic E-state index is 11.6. The lowest BCUT2D eigenvalue weighted by Gasteiger charge is -2.22. The highest BCUT2D eigenvalue weighted by atomic mass is 28.3. The normalized spacial score (nSPS) is 17.9. The van der Waals surface area contributed by atoms with Crippen molar-refractivity contribution in [1.82, 2.24) is 9.55 Å². The van der Waals surface area contributed by atoms with E-state index in [-0.39, 0.29) is 18.5 Å². The SMILES string of the molecule is C[Si](C)(C)CCOCn1c(COC2CCCCO2)nc2c(C(=O)O)cccc21. The summed E-state index contributed by atoms with van der Waals surface area (Å²) in [6.07, 6.45) is 2.79. The van der Waals surface area contributed by atoms with Crippen molar-refractivity contribution in [2.45, 2.75) is 64.6 Å². The van der Waals surface area contributed by atoms with E-state index in [0.717, 1.165) is 30.8 Å². The third-order valence-electron chi connectivity index (χ3n) is 4.84. The smallest absolute Gasteiger partial charge is 0.337 e. The molecule has 0 spiro atoms. The molecule has 0 bridgehead atoms. The summed E-state index contributed by atoms with van der Waals surface area (Å²) in [7, 11) is -1.18. The van der Waals surface area contributed by atoms with Gasteiger partial charge in [0.15, 0.2) is 6.29 Å². The summed E-state index contributed by atoms with van der Waals surface area (Å²) in [5.74, 6) is -0.330. The third-order valence-corrected chi connectivity index (χ3v) is 6.55. The number of para-hydroxylation sites is 1. The number of carboxylic acids is 1. The van der Waals surface area contributed by atoms with Crippen LogP contribution >= 0.6 is 0 Å². The summed E-state index contributed by atoms with van der Waals surface area (Å²) < 4.78 is 19.4. The van der Waals surface area contributed by atoms with E-state index in [1.54, 1.807) is 12.1 Å². The zero-order valence-electron chi connectivity index (χ0n) is 16.9. The molecule has 0 radical (unpaired) electrons. The molecule has 1 saturated heterocycles. The summed E-state index contributed by atoms with van der Waals surface area (Å²) >= 11 is 0. The van der Waals surface area contributed by atoms with Crippen molar-refractivity contribution in [2.75, 3.05) is 13.2 Å². The Morgan fingerprint density at radius 1 is 1.36 bits per heavy atom. The molecular weight excluding hydrogens is 376 g/mol. The minimum Gasteiger partial charge on any atom is -0.478 e. The number of nitrogens with zero attached hydrogens (tertiary/aromatic N) is 2. The number of aromatic nitrogens is 2. The van der Waals surface area contributed by atoms with Gasteiger partial charge in [-0.25, -0.2) is 9.78 Å². The van der Waals surface area contributed by atoms with Crippen molar-refractivity contribution in [1.29, 1.82) is 0 Å². The minimum atomic E-state index is -1.18. The van der Waals surface area contributed by atoms with Crippen molar-refractivity contribution in [3.8, 4) is 0 Å². The Labute approximate surface area is 166 Å². The largest absolute Gasteiger partial charge is 0.478 e. The van der Waals surface area contributed by atoms with E-state index < -0.39 is 14.0 Å². The van der Waals surface area contributed by atoms with Crippen LogP contribution in [0.25, 0.3) is 11.0 Å². The number of hydrogen-bond donors (Lipinski definition) is 1. The van der Waals surface area contributed by atoms with Gasteiger partial charge in [0.25, 0.3) is 0 Å². The lowest BCUT2D eigenvalue weighted by molar-refractivity contribution is -0.170. The van der Waals surface area contributed by atoms with Crippen molar-refractivity contribution >= 4 is 25.1 Å². The first-order valence-electron chi connectivity index (χ1n) is 9.87. The van der Waals surface area contributed by atoms with Crippen LogP contribution in [0.4, 0.5) is 0 Å². The zero-order chi connectivity index (χ0) is 20.1. The van der Waals surface area contributed by atoms with E-state index in [1.165, 1.54) is 0 Å². The van der Waals surface area contributed by atoms with Crippen molar-refractivity contribution < 1.29 is 24.1 Å². The van der Waals surface area contributed by atoms with E-state index in [1.807, 2.05) is 10.6 Å². The second kappa shape index (κ2) is 9.17. The number of ether oxygens (including phenoxy) is 3. The average Bonchev–Trinajstić information content (AvgIpc) is 3.01. The van der Waals surface area contributed by atoms with Crippen molar-refractivity contribution in [2.24, 2.45) is 0 Å². The van der Waals surface area contributed by atoms with Gasteiger partial charge < -0.3 is 23.9 Å². The molecule has 28 heavy (non-hydrogen) atoms. The van der Waals surface area contributed by atoms with Crippen molar-refractivity contribution in [3.63, 3.8) is 0 Å². The fourth-order valence-electron chi connectivity index (χ4n) is 3.17. The van der Waals surface area contributed by atoms with E-state index >= 15 is 0 Å². The second-order valence-electron chi connectivity index (χ2n) is 8.39. The van der Waals surface area contributed by atoms with Gasteiger partial charge in [-0.3, -0.25) is 0 Å². The van der Waals surface area contributed by atoms with Crippen LogP contribution in [0.3, 0.4) is 0 Å². The predicted molar refractivity (Wildman–Crippen MR) is 109 cm³/mol. The van der Waals surface area contributed by atoms with Crippen LogP contribution in [0.1, 0.15) is 35.4 Å². The molecule has 1 aromatic heterocycles. The van der Waals surface area contributed by atoms with Crippen LogP contribution in [0.2, 0.25) is 25.7 Å². The zero-order valence-corrected chi connectivity index (χ0v) is 17.9. The standard InChI is InChI=1S/C20H30N2O5Si/c1-28(2,3)12-11-25-14-22-16-8-6-7-15(20(23)24)19(16)21-17(22)13-27-18-9-4-5-10-26-18/h6-8,18H,4-5,9-14H2,1-3H3,(H,23,24). The molecule has 2 heterocycles. The summed E-state index contributed by atoms with van der Waals surface area (Å²) in [4.78, 5) is 16.2. The molecule has 0 aliphatic carbocycles. The first kappa shape index (κ1) is 21.0. The fraction of sp³-hybridized carbons (Fsp3) is 0.600. The minimum absolute atomic E-state index is 0.188. The third kappa shape index (κ3) is 5.41. The summed E-state index contributed by atoms with van der Waals surface area (Å²) in [5.41, 5.74) is 1.40. The number of carbonyl (C=O) groups is 1. The molecular formula is C20H30N2O5Si. The van der Waals surface area contributed by atoms with Crippen LogP contribution in [0, 0.1) is 0 Å². The molecule has 0 saturated carbocycles. The molecule has 7 nitrogen and oxygen atoms in total. The monoisotopic (exact) mass is 406 g/mol. The Hall–Kier alpha value is -1.74. The van der Waals surface area contributed by atoms with E-state index in [0.29, 0.717) is 31.3 Å². The van der Waals surface area contributed by atoms with Gasteiger partial charge in [-0.15, -0.1) is 0 Å². The van der Waals surface area contributed by atoms with Crippen LogP contribution < -0.4 is 0 Å². The predicted octanol–water partition coefficient (Wildman–Crippen LogP) is 4.09. The Morgan fingerprint density at radius 2 is 2.18 bits per heavy atom. The van der Waals surface area contributed by atoms with Gasteiger partial charge in [0.1, 0.15) is 24.7 Å². The Balaban J connectivity index is 1.80. The van der Waals surface area contributed by atoms with Gasteiger partial charge in [-0.2, -0.15) is 0 Å². The summed E-state index contributed by atoms with van der Waals surface area (Å²) in [6, 6.07) is 6.25. The van der Waals surface area contributed by atoms with Crippen LogP contribution in [-0.2, 0) is 27.5 Å². The van der Waals surface area contributed by atoms with Crippen molar-refractivity contribution in [3.05, 3.63) is 29.6 Å². The molecule has 8 heteroatoms. The van der Waals surface area contributed by atoms with Gasteiger partial charge in [-0.1, -0.05) is 25.7 Å². The molecule has 0 amide bonds. The fourth-order valence-corrected chi connectivity index (χ4v) is 3.92. The Bertz CT molecular complexity index is 809. The first-order valence-corrected chi connectivity index (χ1v) is 13.6. The van der Waals surface area contributed by atoms with Gasteiger partial charge in [0, 0.05) is 21.3 Å². The van der Waals surface area contributed by atoms with Gasteiger partial charge >= 0.3 is 5.97 Å². The number of fused-ring (bicyclic) bond motifs is 1. The van der Waals surface area contributed by atoms with Crippen LogP contribution in [0.15, 0.2) is 18.2 Å². The number of aromatic carboxylic acids is 1. The first-order chi connectivity index (χ1) is 13.3. The van der Waals surface area contributed by atoms with Gasteiger partial charge in [0.2, 0.25) is 0 Å². The molecule has 1 aromatic carbocycles. The number of imidazole rings is 1. The second-order valence-corrected chi connectivity index (χ2v) is 14.0. The van der Waals surface area contributed by atoms with Crippen LogP contribution in [0.5, 0.6) is 0 Å². The molecule has 1 aliphatic heterocycles. The molecule has 1 unspecified atom stereocenters. The maximum atomic E-state index is 11.6. The highest BCUT2D eigenvalue weighted by molar-refractivity contribution is 6.76. The lowest BCUT2D eigenvalue weighted by Crippen LogP contribution is -2.23. The number of carboxylic acid groups (broad SMARTS) is 1. The highest BCUT2D eigenvalue weighted by Crippen LogP contribution is 2.23. The quantitative estimate of drug-likeness (QED) is 0.499. The molecule has 3 rings (SSSR count). The van der Waals surface area contributed by atoms with E-state index in [4.69, 9.17) is 14.2 Å². The Morgan fingerprint density at radius 3 is 2.86 bits per heavy atom. The van der Waals surface area contributed by atoms with Crippen LogP contribution in [-0.4, -0.2) is 48.2 Å². The molecule has 1 atom stereocenters. The van der Waals surface area contributed by atoms with E-state index in [9.17, 15) is 9.90 Å². The highest BCUT2D eigenvalue weighted by Gasteiger charge is 2.20. The lowest BCUT2D eigenvalue weighted by atomic mass is 10.2. The summed E-state index contributed by atoms with van der Waals surface area (Å²) in [5, 5.41) is 9.49. The maximum Gasteiger partial charge on any atom is 0.337 e. The molecule has 154 valence electrons. The summed E-state index contributed by atoms with van der Waals surface area (Å²) in [6.45, 7) is 8.91. The van der Waals surface area contributed by atoms with Gasteiger partial charge in [-0.05, 0) is 37.4 Å². The number of hydrogen-bond acceptors (Lipinski definition) is 5. The molecule has 1 fully saturated rings. The molecule has 1 N–H and O–H groups in total. The topological polar surface area (TPSA) is 82.8 Å². The molecule has 1 aliphatic rings. The molecule has 2 aromatic rings. The van der Waals surface area contributed by atoms with E-state index in [2.05, 4.69) is 24.6 Å².